The molecule has 7 heteroatoms. The van der Waals surface area contributed by atoms with E-state index in [1.54, 1.807) is 30.0 Å². The SMILES string of the molecule is Cc1cc(C(=O)N2CCCC2)ccc1NC(=O)C1CCN(C(=O)N(C)C)CC1. The number of likely N-dealkylation sites (tertiary alicyclic amines) is 2. The molecule has 2 saturated heterocycles. The predicted molar refractivity (Wildman–Crippen MR) is 108 cm³/mol. The van der Waals surface area contributed by atoms with Gasteiger partial charge in [-0.15, -0.1) is 0 Å². The molecular weight excluding hydrogens is 356 g/mol. The third-order valence-electron chi connectivity index (χ3n) is 5.64. The number of amides is 4. The summed E-state index contributed by atoms with van der Waals surface area (Å²) < 4.78 is 0. The molecule has 2 aliphatic rings. The van der Waals surface area contributed by atoms with E-state index >= 15 is 0 Å². The zero-order valence-corrected chi connectivity index (χ0v) is 17.0. The first kappa shape index (κ1) is 20.2. The number of benzene rings is 1. The third kappa shape index (κ3) is 4.46. The number of aryl methyl sites for hydroxylation is 1. The Hall–Kier alpha value is -2.57. The molecule has 1 aromatic rings. The van der Waals surface area contributed by atoms with Gasteiger partial charge in [-0.05, 0) is 56.4 Å². The lowest BCUT2D eigenvalue weighted by molar-refractivity contribution is -0.121. The van der Waals surface area contributed by atoms with E-state index in [1.807, 2.05) is 24.0 Å². The van der Waals surface area contributed by atoms with Crippen molar-refractivity contribution in [2.24, 2.45) is 5.92 Å². The Balaban J connectivity index is 1.57. The number of hydrogen-bond donors (Lipinski definition) is 1. The highest BCUT2D eigenvalue weighted by Crippen LogP contribution is 2.23. The average Bonchev–Trinajstić information content (AvgIpc) is 3.23. The van der Waals surface area contributed by atoms with Crippen molar-refractivity contribution in [3.8, 4) is 0 Å². The molecule has 2 fully saturated rings. The fraction of sp³-hybridized carbons (Fsp3) is 0.571. The Morgan fingerprint density at radius 3 is 2.21 bits per heavy atom. The van der Waals surface area contributed by atoms with Crippen molar-refractivity contribution in [3.05, 3.63) is 29.3 Å². The second-order valence-corrected chi connectivity index (χ2v) is 7.96. The van der Waals surface area contributed by atoms with Crippen LogP contribution in [0.15, 0.2) is 18.2 Å². The van der Waals surface area contributed by atoms with Crippen molar-refractivity contribution < 1.29 is 14.4 Å². The molecule has 0 bridgehead atoms. The van der Waals surface area contributed by atoms with Crippen molar-refractivity contribution in [2.75, 3.05) is 45.6 Å². The van der Waals surface area contributed by atoms with E-state index in [-0.39, 0.29) is 23.8 Å². The van der Waals surface area contributed by atoms with Crippen LogP contribution in [-0.2, 0) is 4.79 Å². The zero-order chi connectivity index (χ0) is 20.3. The number of rotatable bonds is 3. The first-order valence-corrected chi connectivity index (χ1v) is 10.0. The molecule has 0 saturated carbocycles. The second kappa shape index (κ2) is 8.63. The Bertz CT molecular complexity index is 748. The van der Waals surface area contributed by atoms with Crippen molar-refractivity contribution in [1.82, 2.24) is 14.7 Å². The van der Waals surface area contributed by atoms with Crippen LogP contribution in [0.4, 0.5) is 10.5 Å². The lowest BCUT2D eigenvalue weighted by Crippen LogP contribution is -2.45. The van der Waals surface area contributed by atoms with E-state index in [4.69, 9.17) is 0 Å². The van der Waals surface area contributed by atoms with Gasteiger partial charge in [0.05, 0.1) is 0 Å². The second-order valence-electron chi connectivity index (χ2n) is 7.96. The standard InChI is InChI=1S/C21H30N4O3/c1-15-14-17(20(27)24-10-4-5-11-24)6-7-18(15)22-19(26)16-8-12-25(13-9-16)21(28)23(2)3/h6-7,14,16H,4-5,8-13H2,1-3H3,(H,22,26). The Labute approximate surface area is 166 Å². The van der Waals surface area contributed by atoms with Gasteiger partial charge in [0.1, 0.15) is 0 Å². The summed E-state index contributed by atoms with van der Waals surface area (Å²) in [5.41, 5.74) is 2.31. The van der Waals surface area contributed by atoms with E-state index < -0.39 is 0 Å². The summed E-state index contributed by atoms with van der Waals surface area (Å²) in [6.45, 7) is 4.75. The molecule has 0 aromatic heterocycles. The van der Waals surface area contributed by atoms with Gasteiger partial charge in [0.25, 0.3) is 5.91 Å². The van der Waals surface area contributed by atoms with E-state index in [2.05, 4.69) is 5.32 Å². The van der Waals surface area contributed by atoms with E-state index in [1.165, 1.54) is 0 Å². The summed E-state index contributed by atoms with van der Waals surface area (Å²) in [6.07, 6.45) is 3.46. The highest BCUT2D eigenvalue weighted by Gasteiger charge is 2.28. The maximum absolute atomic E-state index is 12.7. The quantitative estimate of drug-likeness (QED) is 0.868. The summed E-state index contributed by atoms with van der Waals surface area (Å²) in [4.78, 5) is 42.4. The molecule has 1 N–H and O–H groups in total. The van der Waals surface area contributed by atoms with Crippen LogP contribution >= 0.6 is 0 Å². The van der Waals surface area contributed by atoms with E-state index in [0.717, 1.165) is 37.2 Å². The van der Waals surface area contributed by atoms with Crippen LogP contribution in [0.1, 0.15) is 41.6 Å². The highest BCUT2D eigenvalue weighted by molar-refractivity contribution is 5.97. The minimum absolute atomic E-state index is 0.00652. The molecule has 1 aromatic carbocycles. The maximum atomic E-state index is 12.7. The molecule has 0 unspecified atom stereocenters. The van der Waals surface area contributed by atoms with Crippen molar-refractivity contribution in [3.63, 3.8) is 0 Å². The average molecular weight is 386 g/mol. The number of hydrogen-bond acceptors (Lipinski definition) is 3. The molecule has 7 nitrogen and oxygen atoms in total. The lowest BCUT2D eigenvalue weighted by atomic mass is 9.95. The topological polar surface area (TPSA) is 73.0 Å². The van der Waals surface area contributed by atoms with Crippen LogP contribution in [0.25, 0.3) is 0 Å². The zero-order valence-electron chi connectivity index (χ0n) is 17.0. The molecule has 4 amide bonds. The van der Waals surface area contributed by atoms with Gasteiger partial charge in [0.15, 0.2) is 0 Å². The van der Waals surface area contributed by atoms with Gasteiger partial charge in [-0.1, -0.05) is 0 Å². The predicted octanol–water partition coefficient (Wildman–Crippen LogP) is 2.56. The van der Waals surface area contributed by atoms with Crippen molar-refractivity contribution >= 4 is 23.5 Å². The molecule has 0 atom stereocenters. The molecule has 2 heterocycles. The van der Waals surface area contributed by atoms with Gasteiger partial charge in [-0.3, -0.25) is 9.59 Å². The Kier molecular flexibility index (Phi) is 6.21. The normalized spacial score (nSPS) is 17.5. The largest absolute Gasteiger partial charge is 0.339 e. The van der Waals surface area contributed by atoms with Gasteiger partial charge < -0.3 is 20.0 Å². The summed E-state index contributed by atoms with van der Waals surface area (Å²) in [5.74, 6) is -0.0494. The van der Waals surface area contributed by atoms with Crippen LogP contribution in [0.5, 0.6) is 0 Å². The van der Waals surface area contributed by atoms with Gasteiger partial charge in [-0.2, -0.15) is 0 Å². The van der Waals surface area contributed by atoms with Crippen LogP contribution < -0.4 is 5.32 Å². The molecule has 28 heavy (non-hydrogen) atoms. The van der Waals surface area contributed by atoms with Gasteiger partial charge in [0.2, 0.25) is 5.91 Å². The summed E-state index contributed by atoms with van der Waals surface area (Å²) in [7, 11) is 3.48. The molecule has 0 aliphatic carbocycles. The lowest BCUT2D eigenvalue weighted by Gasteiger charge is -2.33. The minimum Gasteiger partial charge on any atom is -0.339 e. The van der Waals surface area contributed by atoms with E-state index in [0.29, 0.717) is 31.5 Å². The summed E-state index contributed by atoms with van der Waals surface area (Å²) in [5, 5.41) is 3.00. The van der Waals surface area contributed by atoms with E-state index in [9.17, 15) is 14.4 Å². The number of carbonyl (C=O) groups excluding carboxylic acids is 3. The first-order chi connectivity index (χ1) is 13.4. The number of carbonyl (C=O) groups is 3. The smallest absolute Gasteiger partial charge is 0.319 e. The van der Waals surface area contributed by atoms with Crippen LogP contribution in [0.2, 0.25) is 0 Å². The number of nitrogens with zero attached hydrogens (tertiary/aromatic N) is 3. The summed E-state index contributed by atoms with van der Waals surface area (Å²) >= 11 is 0. The first-order valence-electron chi connectivity index (χ1n) is 10.0. The fourth-order valence-electron chi connectivity index (χ4n) is 3.89. The molecular formula is C21H30N4O3. The van der Waals surface area contributed by atoms with Gasteiger partial charge >= 0.3 is 6.03 Å². The van der Waals surface area contributed by atoms with Crippen molar-refractivity contribution in [2.45, 2.75) is 32.6 Å². The number of anilines is 1. The van der Waals surface area contributed by atoms with Crippen molar-refractivity contribution in [1.29, 1.82) is 0 Å². The van der Waals surface area contributed by atoms with Gasteiger partial charge in [-0.25, -0.2) is 4.79 Å². The molecule has 3 rings (SSSR count). The molecule has 152 valence electrons. The number of urea groups is 1. The molecule has 2 aliphatic heterocycles. The minimum atomic E-state index is -0.100. The third-order valence-corrected chi connectivity index (χ3v) is 5.64. The molecule has 0 radical (unpaired) electrons. The van der Waals surface area contributed by atoms with Crippen LogP contribution in [-0.4, -0.2) is 72.8 Å². The number of piperidine rings is 1. The van der Waals surface area contributed by atoms with Gasteiger partial charge in [0, 0.05) is 57.4 Å². The highest BCUT2D eigenvalue weighted by atomic mass is 16.2. The maximum Gasteiger partial charge on any atom is 0.319 e. The summed E-state index contributed by atoms with van der Waals surface area (Å²) in [6, 6.07) is 5.46. The fourth-order valence-corrected chi connectivity index (χ4v) is 3.89. The Morgan fingerprint density at radius 2 is 1.64 bits per heavy atom. The van der Waals surface area contributed by atoms with Crippen LogP contribution in [0.3, 0.4) is 0 Å². The number of nitrogens with one attached hydrogen (secondary N) is 1. The Morgan fingerprint density at radius 1 is 1.00 bits per heavy atom. The monoisotopic (exact) mass is 386 g/mol. The van der Waals surface area contributed by atoms with Crippen LogP contribution in [0, 0.1) is 12.8 Å². The molecule has 0 spiro atoms.